The van der Waals surface area contributed by atoms with Crippen LogP contribution in [0.4, 0.5) is 0 Å². The number of aromatic nitrogens is 2. The van der Waals surface area contributed by atoms with E-state index >= 15 is 0 Å². The number of methoxy groups -OCH3 is 1. The maximum absolute atomic E-state index is 11.5. The zero-order valence-corrected chi connectivity index (χ0v) is 10.9. The fourth-order valence-corrected chi connectivity index (χ4v) is 1.90. The summed E-state index contributed by atoms with van der Waals surface area (Å²) in [5.41, 5.74) is 1.93. The van der Waals surface area contributed by atoms with E-state index in [2.05, 4.69) is 20.3 Å². The molecule has 0 aliphatic rings. The second-order valence-corrected chi connectivity index (χ2v) is 4.41. The molecule has 1 heterocycles. The Morgan fingerprint density at radius 3 is 3.05 bits per heavy atom. The van der Waals surface area contributed by atoms with Crippen molar-refractivity contribution in [2.24, 2.45) is 0 Å². The third kappa shape index (κ3) is 3.10. The van der Waals surface area contributed by atoms with Crippen LogP contribution < -0.4 is 5.32 Å². The van der Waals surface area contributed by atoms with E-state index in [-0.39, 0.29) is 0 Å². The first-order valence-electron chi connectivity index (χ1n) is 6.03. The number of ether oxygens (including phenoxy) is 1. The monoisotopic (exact) mass is 263 g/mol. The number of nitrogens with one attached hydrogen (secondary N) is 2. The van der Waals surface area contributed by atoms with Gasteiger partial charge in [0.15, 0.2) is 0 Å². The number of hydrogen-bond donors (Lipinski definition) is 3. The second kappa shape index (κ2) is 5.81. The van der Waals surface area contributed by atoms with Crippen molar-refractivity contribution in [3.05, 3.63) is 30.0 Å². The third-order valence-corrected chi connectivity index (χ3v) is 2.97. The van der Waals surface area contributed by atoms with E-state index in [4.69, 9.17) is 0 Å². The lowest BCUT2D eigenvalue weighted by atomic mass is 10.1. The highest BCUT2D eigenvalue weighted by Crippen LogP contribution is 2.12. The van der Waals surface area contributed by atoms with Crippen LogP contribution in [0.3, 0.4) is 0 Å². The van der Waals surface area contributed by atoms with Crippen molar-refractivity contribution in [2.45, 2.75) is 25.6 Å². The Labute approximate surface area is 110 Å². The molecular formula is C13H17N3O3. The number of hydrogen-bond acceptors (Lipinski definition) is 5. The molecule has 1 aromatic heterocycles. The lowest BCUT2D eigenvalue weighted by Crippen LogP contribution is -2.45. The van der Waals surface area contributed by atoms with Gasteiger partial charge in [0.2, 0.25) is 0 Å². The molecule has 1 aromatic carbocycles. The maximum Gasteiger partial charge on any atom is 0.325 e. The van der Waals surface area contributed by atoms with Crippen LogP contribution in [0.15, 0.2) is 24.4 Å². The topological polar surface area (TPSA) is 87.2 Å². The fraction of sp³-hybridized carbons (Fsp3) is 0.385. The summed E-state index contributed by atoms with van der Waals surface area (Å²) in [5.74, 6) is -0.474. The number of H-pyrrole nitrogens is 1. The molecular weight excluding hydrogens is 246 g/mol. The van der Waals surface area contributed by atoms with Gasteiger partial charge in [-0.3, -0.25) is 15.2 Å². The molecule has 0 bridgehead atoms. The molecule has 3 N–H and O–H groups in total. The number of benzene rings is 1. The summed E-state index contributed by atoms with van der Waals surface area (Å²) in [6.45, 7) is 2.01. The molecule has 2 atom stereocenters. The van der Waals surface area contributed by atoms with E-state index in [1.165, 1.54) is 7.11 Å². The summed E-state index contributed by atoms with van der Waals surface area (Å²) in [7, 11) is 1.30. The molecule has 2 rings (SSSR count). The van der Waals surface area contributed by atoms with E-state index < -0.39 is 18.1 Å². The first-order chi connectivity index (χ1) is 9.11. The highest BCUT2D eigenvalue weighted by molar-refractivity contribution is 5.78. The minimum absolute atomic E-state index is 0.458. The molecule has 0 aliphatic heterocycles. The molecule has 6 heteroatoms. The molecule has 0 fully saturated rings. The number of aromatic amines is 1. The number of aliphatic hydroxyl groups is 1. The average Bonchev–Trinajstić information content (AvgIpc) is 2.85. The van der Waals surface area contributed by atoms with Crippen LogP contribution >= 0.6 is 0 Å². The standard InChI is InChI=1S/C13H17N3O3/c1-8(17)12(13(18)19-2)14-6-9-3-4-10-7-15-16-11(10)5-9/h3-5,7-8,12,14,17H,6H2,1-2H3,(H,15,16)/t8-,12-/m0/s1. The molecule has 0 aliphatic carbocycles. The van der Waals surface area contributed by atoms with Crippen LogP contribution in [0, 0.1) is 0 Å². The maximum atomic E-state index is 11.5. The highest BCUT2D eigenvalue weighted by atomic mass is 16.5. The second-order valence-electron chi connectivity index (χ2n) is 4.41. The minimum Gasteiger partial charge on any atom is -0.468 e. The predicted octanol–water partition coefficient (Wildman–Crippen LogP) is 0.575. The Kier molecular flexibility index (Phi) is 4.13. The van der Waals surface area contributed by atoms with Gasteiger partial charge < -0.3 is 9.84 Å². The van der Waals surface area contributed by atoms with E-state index in [0.29, 0.717) is 6.54 Å². The van der Waals surface area contributed by atoms with Crippen molar-refractivity contribution < 1.29 is 14.6 Å². The number of rotatable bonds is 5. The van der Waals surface area contributed by atoms with Gasteiger partial charge in [-0.2, -0.15) is 5.10 Å². The zero-order valence-electron chi connectivity index (χ0n) is 10.9. The molecule has 0 saturated carbocycles. The molecule has 0 spiro atoms. The molecule has 0 amide bonds. The predicted molar refractivity (Wildman–Crippen MR) is 70.4 cm³/mol. The van der Waals surface area contributed by atoms with Gasteiger partial charge in [-0.1, -0.05) is 12.1 Å². The number of carbonyl (C=O) groups excluding carboxylic acids is 1. The lowest BCUT2D eigenvalue weighted by molar-refractivity contribution is -0.145. The van der Waals surface area contributed by atoms with Gasteiger partial charge in [-0.25, -0.2) is 0 Å². The fourth-order valence-electron chi connectivity index (χ4n) is 1.90. The van der Waals surface area contributed by atoms with Crippen LogP contribution in [-0.2, 0) is 16.1 Å². The normalized spacial score (nSPS) is 14.3. The summed E-state index contributed by atoms with van der Waals surface area (Å²) in [4.78, 5) is 11.5. The summed E-state index contributed by atoms with van der Waals surface area (Å²) in [6.07, 6.45) is 0.933. The van der Waals surface area contributed by atoms with Crippen molar-refractivity contribution in [1.82, 2.24) is 15.5 Å². The van der Waals surface area contributed by atoms with Gasteiger partial charge in [-0.05, 0) is 18.6 Å². The zero-order chi connectivity index (χ0) is 13.8. The largest absolute Gasteiger partial charge is 0.468 e. The first-order valence-corrected chi connectivity index (χ1v) is 6.03. The van der Waals surface area contributed by atoms with E-state index in [0.717, 1.165) is 16.5 Å². The molecule has 2 aromatic rings. The summed E-state index contributed by atoms with van der Waals surface area (Å²) < 4.78 is 4.64. The molecule has 0 radical (unpaired) electrons. The Hall–Kier alpha value is -1.92. The third-order valence-electron chi connectivity index (χ3n) is 2.97. The summed E-state index contributed by atoms with van der Waals surface area (Å²) in [5, 5.41) is 20.4. The van der Waals surface area contributed by atoms with Gasteiger partial charge in [0.05, 0.1) is 24.9 Å². The van der Waals surface area contributed by atoms with Gasteiger partial charge in [0.1, 0.15) is 6.04 Å². The SMILES string of the molecule is COC(=O)[C@@H](NCc1ccc2cn[nH]c2c1)[C@H](C)O. The Morgan fingerprint density at radius 2 is 2.37 bits per heavy atom. The van der Waals surface area contributed by atoms with Crippen molar-refractivity contribution in [1.29, 1.82) is 0 Å². The van der Waals surface area contributed by atoms with Crippen LogP contribution in [-0.4, -0.2) is 40.5 Å². The smallest absolute Gasteiger partial charge is 0.325 e. The van der Waals surface area contributed by atoms with Crippen molar-refractivity contribution in [2.75, 3.05) is 7.11 Å². The van der Waals surface area contributed by atoms with Gasteiger partial charge >= 0.3 is 5.97 Å². The number of nitrogens with zero attached hydrogens (tertiary/aromatic N) is 1. The van der Waals surface area contributed by atoms with E-state index in [9.17, 15) is 9.90 Å². The minimum atomic E-state index is -0.816. The van der Waals surface area contributed by atoms with Crippen molar-refractivity contribution in [3.63, 3.8) is 0 Å². The van der Waals surface area contributed by atoms with Gasteiger partial charge in [0, 0.05) is 11.9 Å². The van der Waals surface area contributed by atoms with Crippen LogP contribution in [0.1, 0.15) is 12.5 Å². The Balaban J connectivity index is 2.05. The van der Waals surface area contributed by atoms with E-state index in [1.807, 2.05) is 18.2 Å². The summed E-state index contributed by atoms with van der Waals surface area (Å²) >= 11 is 0. The average molecular weight is 263 g/mol. The Morgan fingerprint density at radius 1 is 1.58 bits per heavy atom. The highest BCUT2D eigenvalue weighted by Gasteiger charge is 2.23. The Bertz CT molecular complexity index is 565. The van der Waals surface area contributed by atoms with Crippen molar-refractivity contribution in [3.8, 4) is 0 Å². The lowest BCUT2D eigenvalue weighted by Gasteiger charge is -2.18. The number of aliphatic hydroxyl groups excluding tert-OH is 1. The number of carbonyl (C=O) groups is 1. The summed E-state index contributed by atoms with van der Waals surface area (Å²) in [6, 6.07) is 5.11. The number of esters is 1. The van der Waals surface area contributed by atoms with Crippen molar-refractivity contribution >= 4 is 16.9 Å². The molecule has 19 heavy (non-hydrogen) atoms. The van der Waals surface area contributed by atoms with Crippen LogP contribution in [0.2, 0.25) is 0 Å². The van der Waals surface area contributed by atoms with Gasteiger partial charge in [-0.15, -0.1) is 0 Å². The molecule has 0 saturated heterocycles. The van der Waals surface area contributed by atoms with Crippen LogP contribution in [0.25, 0.3) is 10.9 Å². The number of fused-ring (bicyclic) bond motifs is 1. The van der Waals surface area contributed by atoms with Crippen LogP contribution in [0.5, 0.6) is 0 Å². The first kappa shape index (κ1) is 13.5. The molecule has 102 valence electrons. The molecule has 0 unspecified atom stereocenters. The van der Waals surface area contributed by atoms with E-state index in [1.54, 1.807) is 13.1 Å². The van der Waals surface area contributed by atoms with Gasteiger partial charge in [0.25, 0.3) is 0 Å². The molecule has 6 nitrogen and oxygen atoms in total. The quantitative estimate of drug-likeness (QED) is 0.687.